The van der Waals surface area contributed by atoms with E-state index in [1.807, 2.05) is 0 Å². The van der Waals surface area contributed by atoms with Gasteiger partial charge in [-0.2, -0.15) is 12.6 Å². The Morgan fingerprint density at radius 2 is 2.08 bits per heavy atom. The molecule has 2 nitrogen and oxygen atoms in total. The monoisotopic (exact) mass is 183 g/mol. The highest BCUT2D eigenvalue weighted by atomic mass is 32.1. The highest BCUT2D eigenvalue weighted by Gasteiger charge is 2.18. The number of thiol groups is 1. The first-order valence-corrected chi connectivity index (χ1v) is 4.65. The Morgan fingerprint density at radius 3 is 2.58 bits per heavy atom. The molecule has 0 aromatic heterocycles. The maximum atomic E-state index is 11.2. The van der Waals surface area contributed by atoms with Crippen molar-refractivity contribution in [3.8, 4) is 11.8 Å². The van der Waals surface area contributed by atoms with Crippen molar-refractivity contribution >= 4 is 18.5 Å². The summed E-state index contributed by atoms with van der Waals surface area (Å²) >= 11 is 4.35. The molecule has 1 saturated heterocycles. The van der Waals surface area contributed by atoms with Crippen LogP contribution in [0.2, 0.25) is 0 Å². The minimum absolute atomic E-state index is 0.0438. The predicted octanol–water partition coefficient (Wildman–Crippen LogP) is 0.930. The van der Waals surface area contributed by atoms with Gasteiger partial charge in [0.1, 0.15) is 0 Å². The van der Waals surface area contributed by atoms with Crippen LogP contribution in [0.15, 0.2) is 0 Å². The topological polar surface area (TPSA) is 20.3 Å². The minimum atomic E-state index is -0.0438. The second-order valence-electron chi connectivity index (χ2n) is 2.90. The highest BCUT2D eigenvalue weighted by molar-refractivity contribution is 7.80. The van der Waals surface area contributed by atoms with Gasteiger partial charge >= 0.3 is 0 Å². The number of hydrogen-bond acceptors (Lipinski definition) is 2. The van der Waals surface area contributed by atoms with Crippen LogP contribution in [0.1, 0.15) is 19.8 Å². The number of rotatable bonds is 0. The fraction of sp³-hybridized carbons (Fsp3) is 0.667. The molecular weight excluding hydrogens is 170 g/mol. The molecule has 1 heterocycles. The summed E-state index contributed by atoms with van der Waals surface area (Å²) in [6, 6.07) is 0. The van der Waals surface area contributed by atoms with Crippen LogP contribution in [-0.4, -0.2) is 29.1 Å². The molecule has 0 radical (unpaired) electrons. The van der Waals surface area contributed by atoms with Crippen molar-refractivity contribution in [3.05, 3.63) is 0 Å². The lowest BCUT2D eigenvalue weighted by molar-refractivity contribution is -0.125. The third-order valence-corrected chi connectivity index (χ3v) is 2.50. The van der Waals surface area contributed by atoms with E-state index in [1.165, 1.54) is 0 Å². The summed E-state index contributed by atoms with van der Waals surface area (Å²) in [6.07, 6.45) is 1.97. The van der Waals surface area contributed by atoms with E-state index in [1.54, 1.807) is 11.8 Å². The molecule has 3 heteroatoms. The quantitative estimate of drug-likeness (QED) is 0.437. The number of nitrogens with zero attached hydrogens (tertiary/aromatic N) is 1. The zero-order valence-corrected chi connectivity index (χ0v) is 8.10. The van der Waals surface area contributed by atoms with Gasteiger partial charge in [0.05, 0.1) is 0 Å². The average molecular weight is 183 g/mol. The van der Waals surface area contributed by atoms with Gasteiger partial charge in [-0.15, -0.1) is 0 Å². The molecule has 0 unspecified atom stereocenters. The molecular formula is C9H13NOS. The second-order valence-corrected chi connectivity index (χ2v) is 3.63. The molecule has 0 bridgehead atoms. The van der Waals surface area contributed by atoms with Gasteiger partial charge in [0.15, 0.2) is 0 Å². The van der Waals surface area contributed by atoms with Gasteiger partial charge in [-0.05, 0) is 25.7 Å². The van der Waals surface area contributed by atoms with Crippen LogP contribution in [0, 0.1) is 11.8 Å². The molecule has 0 aliphatic carbocycles. The number of carbonyl (C=O) groups excluding carboxylic acids is 1. The van der Waals surface area contributed by atoms with Crippen LogP contribution in [0.3, 0.4) is 0 Å². The smallest absolute Gasteiger partial charge is 0.298 e. The molecule has 0 atom stereocenters. The maximum absolute atomic E-state index is 11.2. The molecule has 12 heavy (non-hydrogen) atoms. The molecule has 1 aliphatic heterocycles. The zero-order valence-electron chi connectivity index (χ0n) is 7.21. The predicted molar refractivity (Wildman–Crippen MR) is 52.0 cm³/mol. The Kier molecular flexibility index (Phi) is 3.48. The number of carbonyl (C=O) groups is 1. The largest absolute Gasteiger partial charge is 0.332 e. The summed E-state index contributed by atoms with van der Waals surface area (Å²) in [5.74, 6) is 5.11. The van der Waals surface area contributed by atoms with Crippen LogP contribution in [0.4, 0.5) is 0 Å². The Labute approximate surface area is 78.7 Å². The van der Waals surface area contributed by atoms with Crippen LogP contribution < -0.4 is 0 Å². The Balaban J connectivity index is 2.42. The summed E-state index contributed by atoms with van der Waals surface area (Å²) in [4.78, 5) is 13.0. The first-order chi connectivity index (χ1) is 5.74. The Morgan fingerprint density at radius 1 is 1.50 bits per heavy atom. The van der Waals surface area contributed by atoms with Gasteiger partial charge in [-0.25, -0.2) is 0 Å². The maximum Gasteiger partial charge on any atom is 0.298 e. The first-order valence-electron chi connectivity index (χ1n) is 4.13. The Hall–Kier alpha value is -0.620. The van der Waals surface area contributed by atoms with E-state index in [9.17, 15) is 4.79 Å². The minimum Gasteiger partial charge on any atom is -0.332 e. The molecule has 1 rings (SSSR count). The third kappa shape index (κ3) is 2.46. The van der Waals surface area contributed by atoms with Crippen molar-refractivity contribution < 1.29 is 4.79 Å². The van der Waals surface area contributed by atoms with E-state index >= 15 is 0 Å². The first kappa shape index (κ1) is 9.47. The summed E-state index contributed by atoms with van der Waals surface area (Å²) in [5, 5.41) is 0.462. The molecule has 0 aromatic rings. The zero-order chi connectivity index (χ0) is 8.97. The van der Waals surface area contributed by atoms with E-state index in [4.69, 9.17) is 0 Å². The van der Waals surface area contributed by atoms with E-state index in [0.29, 0.717) is 5.25 Å². The SMILES string of the molecule is CC#CC(=O)N1CCC(S)CC1. The van der Waals surface area contributed by atoms with Crippen molar-refractivity contribution in [2.45, 2.75) is 25.0 Å². The van der Waals surface area contributed by atoms with Crippen LogP contribution in [-0.2, 0) is 4.79 Å². The summed E-state index contributed by atoms with van der Waals surface area (Å²) in [5.41, 5.74) is 0. The van der Waals surface area contributed by atoms with Crippen molar-refractivity contribution in [2.75, 3.05) is 13.1 Å². The normalized spacial score (nSPS) is 18.3. The highest BCUT2D eigenvalue weighted by Crippen LogP contribution is 2.14. The van der Waals surface area contributed by atoms with E-state index in [0.717, 1.165) is 25.9 Å². The lowest BCUT2D eigenvalue weighted by atomic mass is 10.1. The molecule has 1 fully saturated rings. The van der Waals surface area contributed by atoms with Crippen molar-refractivity contribution in [3.63, 3.8) is 0 Å². The second kappa shape index (κ2) is 4.42. The lowest BCUT2D eigenvalue weighted by Crippen LogP contribution is -2.38. The van der Waals surface area contributed by atoms with E-state index in [2.05, 4.69) is 24.5 Å². The Bertz CT molecular complexity index is 220. The summed E-state index contributed by atoms with van der Waals surface area (Å²) in [7, 11) is 0. The number of piperidine rings is 1. The summed E-state index contributed by atoms with van der Waals surface area (Å²) < 4.78 is 0. The molecule has 0 saturated carbocycles. The van der Waals surface area contributed by atoms with E-state index < -0.39 is 0 Å². The van der Waals surface area contributed by atoms with Crippen LogP contribution >= 0.6 is 12.6 Å². The molecule has 1 aliphatic rings. The summed E-state index contributed by atoms with van der Waals surface area (Å²) in [6.45, 7) is 3.30. The molecule has 1 amide bonds. The van der Waals surface area contributed by atoms with Crippen molar-refractivity contribution in [1.82, 2.24) is 4.90 Å². The third-order valence-electron chi connectivity index (χ3n) is 1.98. The average Bonchev–Trinajstić information content (AvgIpc) is 2.06. The van der Waals surface area contributed by atoms with Crippen molar-refractivity contribution in [1.29, 1.82) is 0 Å². The van der Waals surface area contributed by atoms with Gasteiger partial charge in [-0.3, -0.25) is 4.79 Å². The van der Waals surface area contributed by atoms with Gasteiger partial charge in [-0.1, -0.05) is 5.92 Å². The van der Waals surface area contributed by atoms with Crippen molar-refractivity contribution in [2.24, 2.45) is 0 Å². The fourth-order valence-electron chi connectivity index (χ4n) is 1.25. The number of amides is 1. The van der Waals surface area contributed by atoms with Gasteiger partial charge in [0, 0.05) is 18.3 Å². The number of hydrogen-bond donors (Lipinski definition) is 1. The standard InChI is InChI=1S/C9H13NOS/c1-2-3-9(11)10-6-4-8(12)5-7-10/h8,12H,4-7H2,1H3. The molecule has 0 spiro atoms. The van der Waals surface area contributed by atoms with Crippen LogP contribution in [0.5, 0.6) is 0 Å². The molecule has 0 aromatic carbocycles. The number of likely N-dealkylation sites (tertiary alicyclic amines) is 1. The molecule has 66 valence electrons. The fourth-order valence-corrected chi connectivity index (χ4v) is 1.49. The van der Waals surface area contributed by atoms with Gasteiger partial charge < -0.3 is 4.90 Å². The lowest BCUT2D eigenvalue weighted by Gasteiger charge is -2.28. The van der Waals surface area contributed by atoms with Crippen LogP contribution in [0.25, 0.3) is 0 Å². The van der Waals surface area contributed by atoms with Gasteiger partial charge in [0.25, 0.3) is 5.91 Å². The van der Waals surface area contributed by atoms with Gasteiger partial charge in [0.2, 0.25) is 0 Å². The molecule has 0 N–H and O–H groups in total. The van der Waals surface area contributed by atoms with E-state index in [-0.39, 0.29) is 5.91 Å².